The van der Waals surface area contributed by atoms with Crippen LogP contribution in [0.25, 0.3) is 0 Å². The van der Waals surface area contributed by atoms with Crippen molar-refractivity contribution < 1.29 is 27.8 Å². The Bertz CT molecular complexity index is 876. The summed E-state index contributed by atoms with van der Waals surface area (Å²) in [7, 11) is 0. The Balaban J connectivity index is 1.64. The molecule has 0 aromatic heterocycles. The van der Waals surface area contributed by atoms with E-state index in [9.17, 15) is 18.4 Å². The molecule has 2 amide bonds. The smallest absolute Gasteiger partial charge is 0.395 e. The summed E-state index contributed by atoms with van der Waals surface area (Å²) in [6.07, 6.45) is -3.73. The number of hydrogen-bond acceptors (Lipinski definition) is 4. The molecule has 2 aromatic rings. The van der Waals surface area contributed by atoms with Gasteiger partial charge in [-0.2, -0.15) is 0 Å². The molecular weight excluding hydrogens is 370 g/mol. The van der Waals surface area contributed by atoms with Crippen LogP contribution in [0.3, 0.4) is 0 Å². The van der Waals surface area contributed by atoms with Gasteiger partial charge in [0.1, 0.15) is 6.04 Å². The summed E-state index contributed by atoms with van der Waals surface area (Å²) in [6, 6.07) is 9.35. The van der Waals surface area contributed by atoms with Gasteiger partial charge in [-0.1, -0.05) is 23.7 Å². The number of carbonyl (C=O) groups excluding carboxylic acids is 2. The third kappa shape index (κ3) is 3.85. The van der Waals surface area contributed by atoms with Crippen molar-refractivity contribution in [1.29, 1.82) is 0 Å². The van der Waals surface area contributed by atoms with Gasteiger partial charge in [0.05, 0.1) is 10.6 Å². The van der Waals surface area contributed by atoms with Gasteiger partial charge in [0.2, 0.25) is 5.91 Å². The molecule has 1 aliphatic rings. The molecule has 0 unspecified atom stereocenters. The van der Waals surface area contributed by atoms with E-state index >= 15 is 0 Å². The third-order valence-electron chi connectivity index (χ3n) is 3.53. The number of ether oxygens (including phenoxy) is 2. The Morgan fingerprint density at radius 3 is 2.54 bits per heavy atom. The first-order valence-electron chi connectivity index (χ1n) is 7.51. The van der Waals surface area contributed by atoms with Crippen molar-refractivity contribution in [3.8, 4) is 11.5 Å². The van der Waals surface area contributed by atoms with E-state index < -0.39 is 24.2 Å². The number of hydrogen-bond donors (Lipinski definition) is 2. The van der Waals surface area contributed by atoms with E-state index in [0.29, 0.717) is 0 Å². The van der Waals surface area contributed by atoms with E-state index in [-0.39, 0.29) is 27.8 Å². The molecule has 3 rings (SSSR count). The largest absolute Gasteiger partial charge is 0.586 e. The molecule has 0 radical (unpaired) electrons. The van der Waals surface area contributed by atoms with Gasteiger partial charge in [-0.05, 0) is 31.2 Å². The second kappa shape index (κ2) is 6.80. The number of anilines is 1. The molecule has 136 valence electrons. The molecule has 0 saturated heterocycles. The molecule has 1 aliphatic heterocycles. The van der Waals surface area contributed by atoms with Gasteiger partial charge >= 0.3 is 6.29 Å². The molecule has 2 aromatic carbocycles. The fourth-order valence-corrected chi connectivity index (χ4v) is 2.48. The van der Waals surface area contributed by atoms with Crippen LogP contribution in [0.4, 0.5) is 14.5 Å². The van der Waals surface area contributed by atoms with Gasteiger partial charge in [-0.15, -0.1) is 8.78 Å². The SMILES string of the molecule is C[C@H](NC(=O)c1ccccc1Cl)C(=O)Nc1ccc2c(c1)OC(F)(F)O2. The first kappa shape index (κ1) is 17.9. The highest BCUT2D eigenvalue weighted by atomic mass is 35.5. The number of rotatable bonds is 4. The maximum atomic E-state index is 13.0. The zero-order valence-corrected chi connectivity index (χ0v) is 14.1. The Morgan fingerprint density at radius 1 is 1.12 bits per heavy atom. The Kier molecular flexibility index (Phi) is 4.69. The van der Waals surface area contributed by atoms with E-state index in [1.165, 1.54) is 31.2 Å². The third-order valence-corrected chi connectivity index (χ3v) is 3.86. The quantitative estimate of drug-likeness (QED) is 0.849. The summed E-state index contributed by atoms with van der Waals surface area (Å²) in [5.41, 5.74) is 0.452. The van der Waals surface area contributed by atoms with Crippen molar-refractivity contribution >= 4 is 29.1 Å². The van der Waals surface area contributed by atoms with Crippen LogP contribution < -0.4 is 20.1 Å². The molecule has 0 aliphatic carbocycles. The molecule has 0 saturated carbocycles. The lowest BCUT2D eigenvalue weighted by atomic mass is 10.2. The van der Waals surface area contributed by atoms with Gasteiger partial charge < -0.3 is 20.1 Å². The molecule has 6 nitrogen and oxygen atoms in total. The van der Waals surface area contributed by atoms with Gasteiger partial charge in [-0.25, -0.2) is 0 Å². The van der Waals surface area contributed by atoms with Crippen molar-refractivity contribution in [3.63, 3.8) is 0 Å². The molecule has 0 spiro atoms. The summed E-state index contributed by atoms with van der Waals surface area (Å²) < 4.78 is 34.6. The summed E-state index contributed by atoms with van der Waals surface area (Å²) >= 11 is 5.94. The number of benzene rings is 2. The maximum Gasteiger partial charge on any atom is 0.586 e. The van der Waals surface area contributed by atoms with E-state index in [0.717, 1.165) is 0 Å². The van der Waals surface area contributed by atoms with Crippen molar-refractivity contribution in [1.82, 2.24) is 5.32 Å². The highest BCUT2D eigenvalue weighted by Crippen LogP contribution is 2.42. The molecule has 1 heterocycles. The Labute approximate surface area is 152 Å². The lowest BCUT2D eigenvalue weighted by Crippen LogP contribution is -2.41. The van der Waals surface area contributed by atoms with E-state index in [2.05, 4.69) is 20.1 Å². The molecule has 1 atom stereocenters. The maximum absolute atomic E-state index is 13.0. The number of alkyl halides is 2. The second-order valence-corrected chi connectivity index (χ2v) is 5.90. The standard InChI is InChI=1S/C17H13ClF2N2O4/c1-9(21-16(24)11-4-2-3-5-12(11)18)15(23)22-10-6-7-13-14(8-10)26-17(19,20)25-13/h2-9H,1H3,(H,21,24)(H,22,23)/t9-/m0/s1. The minimum absolute atomic E-state index is 0.131. The van der Waals surface area contributed by atoms with E-state index in [1.807, 2.05) is 0 Å². The molecule has 2 N–H and O–H groups in total. The average Bonchev–Trinajstić information content (AvgIpc) is 2.88. The molecule has 26 heavy (non-hydrogen) atoms. The van der Waals surface area contributed by atoms with Gasteiger partial charge in [0, 0.05) is 11.8 Å². The number of carbonyl (C=O) groups is 2. The van der Waals surface area contributed by atoms with E-state index in [4.69, 9.17) is 11.6 Å². The lowest BCUT2D eigenvalue weighted by Gasteiger charge is -2.15. The number of amides is 2. The first-order valence-corrected chi connectivity index (χ1v) is 7.89. The molecular formula is C17H13ClF2N2O4. The first-order chi connectivity index (χ1) is 12.2. The Morgan fingerprint density at radius 2 is 1.81 bits per heavy atom. The minimum atomic E-state index is -3.73. The number of nitrogens with one attached hydrogen (secondary N) is 2. The van der Waals surface area contributed by atoms with Crippen molar-refractivity contribution in [3.05, 3.63) is 53.1 Å². The van der Waals surface area contributed by atoms with Crippen LogP contribution in [0, 0.1) is 0 Å². The fourth-order valence-electron chi connectivity index (χ4n) is 2.26. The molecule has 9 heteroatoms. The van der Waals surface area contributed by atoms with Gasteiger partial charge in [0.25, 0.3) is 5.91 Å². The molecule has 0 bridgehead atoms. The zero-order chi connectivity index (χ0) is 18.9. The Hall–Kier alpha value is -2.87. The van der Waals surface area contributed by atoms with Gasteiger partial charge in [0.15, 0.2) is 11.5 Å². The lowest BCUT2D eigenvalue weighted by molar-refractivity contribution is -0.286. The molecule has 0 fully saturated rings. The van der Waals surface area contributed by atoms with Crippen LogP contribution in [0.1, 0.15) is 17.3 Å². The van der Waals surface area contributed by atoms with Crippen molar-refractivity contribution in [2.24, 2.45) is 0 Å². The van der Waals surface area contributed by atoms with E-state index in [1.54, 1.807) is 18.2 Å². The van der Waals surface area contributed by atoms with Gasteiger partial charge in [-0.3, -0.25) is 9.59 Å². The van der Waals surface area contributed by atoms with Crippen molar-refractivity contribution in [2.45, 2.75) is 19.3 Å². The predicted octanol–water partition coefficient (Wildman–Crippen LogP) is 3.42. The fraction of sp³-hybridized carbons (Fsp3) is 0.176. The second-order valence-electron chi connectivity index (χ2n) is 5.49. The average molecular weight is 383 g/mol. The monoisotopic (exact) mass is 382 g/mol. The summed E-state index contributed by atoms with van der Waals surface area (Å²) in [6.45, 7) is 1.48. The van der Waals surface area contributed by atoms with Crippen LogP contribution in [0.5, 0.6) is 11.5 Å². The summed E-state index contributed by atoms with van der Waals surface area (Å²) in [4.78, 5) is 24.4. The van der Waals surface area contributed by atoms with Crippen molar-refractivity contribution in [2.75, 3.05) is 5.32 Å². The predicted molar refractivity (Wildman–Crippen MR) is 89.7 cm³/mol. The van der Waals surface area contributed by atoms with Crippen LogP contribution in [-0.4, -0.2) is 24.2 Å². The highest BCUT2D eigenvalue weighted by molar-refractivity contribution is 6.33. The number of halogens is 3. The van der Waals surface area contributed by atoms with Crippen LogP contribution in [-0.2, 0) is 4.79 Å². The number of fused-ring (bicyclic) bond motifs is 1. The van der Waals surface area contributed by atoms with Crippen LogP contribution in [0.2, 0.25) is 5.02 Å². The van der Waals surface area contributed by atoms with Crippen LogP contribution in [0.15, 0.2) is 42.5 Å². The minimum Gasteiger partial charge on any atom is -0.395 e. The normalized spacial score (nSPS) is 15.2. The summed E-state index contributed by atoms with van der Waals surface area (Å²) in [5.74, 6) is -1.38. The van der Waals surface area contributed by atoms with Crippen LogP contribution >= 0.6 is 11.6 Å². The highest BCUT2D eigenvalue weighted by Gasteiger charge is 2.43. The zero-order valence-electron chi connectivity index (χ0n) is 13.4. The summed E-state index contributed by atoms with van der Waals surface area (Å²) in [5, 5.41) is 5.27. The topological polar surface area (TPSA) is 76.7 Å².